The summed E-state index contributed by atoms with van der Waals surface area (Å²) in [4.78, 5) is 4.48. The topological polar surface area (TPSA) is 51.0 Å². The van der Waals surface area contributed by atoms with Crippen LogP contribution in [0.3, 0.4) is 0 Å². The molecule has 5 heteroatoms. The minimum atomic E-state index is 0.631. The van der Waals surface area contributed by atoms with Gasteiger partial charge in [-0.25, -0.2) is 4.98 Å². The molecule has 1 aromatic carbocycles. The second-order valence-corrected chi connectivity index (χ2v) is 5.36. The van der Waals surface area contributed by atoms with Crippen molar-refractivity contribution in [3.63, 3.8) is 0 Å². The van der Waals surface area contributed by atoms with E-state index in [0.717, 1.165) is 23.1 Å². The lowest BCUT2D eigenvalue weighted by molar-refractivity contribution is 0.518. The first-order valence-corrected chi connectivity index (χ1v) is 7.21. The summed E-state index contributed by atoms with van der Waals surface area (Å²) in [5.74, 6) is 1.74. The van der Waals surface area contributed by atoms with Crippen LogP contribution in [-0.4, -0.2) is 9.36 Å². The van der Waals surface area contributed by atoms with Gasteiger partial charge in [-0.05, 0) is 24.6 Å². The van der Waals surface area contributed by atoms with E-state index in [1.807, 2.05) is 12.1 Å². The van der Waals surface area contributed by atoms with Crippen molar-refractivity contribution in [1.29, 1.82) is 0 Å². The fourth-order valence-corrected chi connectivity index (χ4v) is 2.44. The second kappa shape index (κ2) is 5.88. The Balaban J connectivity index is 1.60. The van der Waals surface area contributed by atoms with E-state index >= 15 is 0 Å². The monoisotopic (exact) mass is 285 g/mol. The van der Waals surface area contributed by atoms with E-state index in [4.69, 9.17) is 4.42 Å². The SMILES string of the molecule is Cc1ccc(Cc2nsc(NCc3ccco3)n2)cc1. The Morgan fingerprint density at radius 1 is 1.20 bits per heavy atom. The third kappa shape index (κ3) is 3.24. The molecule has 0 aliphatic heterocycles. The molecule has 3 rings (SSSR count). The average Bonchev–Trinajstić information content (AvgIpc) is 3.10. The maximum absolute atomic E-state index is 5.26. The van der Waals surface area contributed by atoms with Crippen molar-refractivity contribution in [2.24, 2.45) is 0 Å². The fourth-order valence-electron chi connectivity index (χ4n) is 1.86. The van der Waals surface area contributed by atoms with E-state index in [2.05, 4.69) is 45.9 Å². The largest absolute Gasteiger partial charge is 0.467 e. The molecule has 0 saturated carbocycles. The minimum Gasteiger partial charge on any atom is -0.467 e. The van der Waals surface area contributed by atoms with Crippen LogP contribution >= 0.6 is 11.5 Å². The van der Waals surface area contributed by atoms with Gasteiger partial charge in [0.05, 0.1) is 12.8 Å². The summed E-state index contributed by atoms with van der Waals surface area (Å²) in [6, 6.07) is 12.3. The number of anilines is 1. The first kappa shape index (κ1) is 12.9. The van der Waals surface area contributed by atoms with Gasteiger partial charge in [0, 0.05) is 18.0 Å². The molecule has 0 aliphatic carbocycles. The molecule has 0 unspecified atom stereocenters. The van der Waals surface area contributed by atoms with Crippen molar-refractivity contribution >= 4 is 16.7 Å². The Bertz CT molecular complexity index is 659. The highest BCUT2D eigenvalue weighted by atomic mass is 32.1. The van der Waals surface area contributed by atoms with E-state index in [9.17, 15) is 0 Å². The predicted molar refractivity (Wildman–Crippen MR) is 79.9 cm³/mol. The van der Waals surface area contributed by atoms with E-state index in [1.165, 1.54) is 22.7 Å². The third-order valence-electron chi connectivity index (χ3n) is 2.94. The van der Waals surface area contributed by atoms with Crippen LogP contribution in [0.2, 0.25) is 0 Å². The Morgan fingerprint density at radius 3 is 2.80 bits per heavy atom. The lowest BCUT2D eigenvalue weighted by Gasteiger charge is -1.99. The lowest BCUT2D eigenvalue weighted by atomic mass is 10.1. The minimum absolute atomic E-state index is 0.631. The van der Waals surface area contributed by atoms with Crippen molar-refractivity contribution in [2.75, 3.05) is 5.32 Å². The first-order chi connectivity index (χ1) is 9.79. The van der Waals surface area contributed by atoms with Crippen LogP contribution in [0, 0.1) is 6.92 Å². The Kier molecular flexibility index (Phi) is 3.78. The molecule has 0 fully saturated rings. The maximum Gasteiger partial charge on any atom is 0.202 e. The maximum atomic E-state index is 5.26. The Morgan fingerprint density at radius 2 is 2.05 bits per heavy atom. The highest BCUT2D eigenvalue weighted by Crippen LogP contribution is 2.15. The molecule has 20 heavy (non-hydrogen) atoms. The van der Waals surface area contributed by atoms with Crippen LogP contribution in [0.4, 0.5) is 5.13 Å². The van der Waals surface area contributed by atoms with Crippen molar-refractivity contribution in [3.8, 4) is 0 Å². The summed E-state index contributed by atoms with van der Waals surface area (Å²) < 4.78 is 9.63. The molecule has 102 valence electrons. The molecule has 1 N–H and O–H groups in total. The van der Waals surface area contributed by atoms with Gasteiger partial charge in [-0.3, -0.25) is 0 Å². The number of aromatic nitrogens is 2. The Hall–Kier alpha value is -2.14. The summed E-state index contributed by atoms with van der Waals surface area (Å²) in [5.41, 5.74) is 2.49. The highest BCUT2D eigenvalue weighted by molar-refractivity contribution is 7.09. The van der Waals surface area contributed by atoms with Crippen LogP contribution in [0.1, 0.15) is 22.7 Å². The van der Waals surface area contributed by atoms with Crippen LogP contribution in [0.15, 0.2) is 47.1 Å². The number of hydrogen-bond acceptors (Lipinski definition) is 5. The average molecular weight is 285 g/mol. The summed E-state index contributed by atoms with van der Waals surface area (Å²) in [6.07, 6.45) is 2.43. The van der Waals surface area contributed by atoms with Crippen molar-refractivity contribution in [2.45, 2.75) is 19.9 Å². The standard InChI is InChI=1S/C15H15N3OS/c1-11-4-6-12(7-5-11)9-14-17-15(20-18-14)16-10-13-3-2-8-19-13/h2-8H,9-10H2,1H3,(H,16,17,18). The van der Waals surface area contributed by atoms with Gasteiger partial charge >= 0.3 is 0 Å². The van der Waals surface area contributed by atoms with Crippen molar-refractivity contribution < 1.29 is 4.42 Å². The molecule has 0 spiro atoms. The molecule has 0 atom stereocenters. The quantitative estimate of drug-likeness (QED) is 0.777. The van der Waals surface area contributed by atoms with E-state index in [-0.39, 0.29) is 0 Å². The third-order valence-corrected chi connectivity index (χ3v) is 3.66. The van der Waals surface area contributed by atoms with Gasteiger partial charge in [-0.2, -0.15) is 4.37 Å². The van der Waals surface area contributed by atoms with Gasteiger partial charge < -0.3 is 9.73 Å². The number of furan rings is 1. The van der Waals surface area contributed by atoms with Crippen LogP contribution < -0.4 is 5.32 Å². The molecule has 2 heterocycles. The van der Waals surface area contributed by atoms with Gasteiger partial charge in [0.15, 0.2) is 0 Å². The van der Waals surface area contributed by atoms with Gasteiger partial charge in [0.2, 0.25) is 5.13 Å². The van der Waals surface area contributed by atoms with E-state index in [1.54, 1.807) is 6.26 Å². The smallest absolute Gasteiger partial charge is 0.202 e. The van der Waals surface area contributed by atoms with Crippen molar-refractivity contribution in [3.05, 3.63) is 65.4 Å². The predicted octanol–water partition coefficient (Wildman–Crippen LogP) is 3.64. The number of hydrogen-bond donors (Lipinski definition) is 1. The van der Waals surface area contributed by atoms with Gasteiger partial charge in [0.25, 0.3) is 0 Å². The first-order valence-electron chi connectivity index (χ1n) is 6.44. The zero-order chi connectivity index (χ0) is 13.8. The van der Waals surface area contributed by atoms with E-state index in [0.29, 0.717) is 6.54 Å². The molecular formula is C15H15N3OS. The van der Waals surface area contributed by atoms with Gasteiger partial charge in [0.1, 0.15) is 11.6 Å². The van der Waals surface area contributed by atoms with Crippen molar-refractivity contribution in [1.82, 2.24) is 9.36 Å². The van der Waals surface area contributed by atoms with Crippen LogP contribution in [0.5, 0.6) is 0 Å². The number of nitrogens with zero attached hydrogens (tertiary/aromatic N) is 2. The summed E-state index contributed by atoms with van der Waals surface area (Å²) in [5, 5.41) is 4.04. The van der Waals surface area contributed by atoms with Gasteiger partial charge in [-0.15, -0.1) is 0 Å². The molecule has 4 nitrogen and oxygen atoms in total. The second-order valence-electron chi connectivity index (χ2n) is 4.61. The Labute approximate surface area is 121 Å². The molecule has 0 saturated heterocycles. The zero-order valence-electron chi connectivity index (χ0n) is 11.2. The van der Waals surface area contributed by atoms with E-state index < -0.39 is 0 Å². The normalized spacial score (nSPS) is 10.7. The van der Waals surface area contributed by atoms with Crippen LogP contribution in [0.25, 0.3) is 0 Å². The molecule has 0 aliphatic rings. The molecule has 0 amide bonds. The number of aryl methyl sites for hydroxylation is 1. The summed E-state index contributed by atoms with van der Waals surface area (Å²) in [6.45, 7) is 2.72. The fraction of sp³-hybridized carbons (Fsp3) is 0.200. The molecule has 3 aromatic rings. The molecule has 0 bridgehead atoms. The van der Waals surface area contributed by atoms with Gasteiger partial charge in [-0.1, -0.05) is 29.8 Å². The number of nitrogens with one attached hydrogen (secondary N) is 1. The zero-order valence-corrected chi connectivity index (χ0v) is 12.0. The molecular weight excluding hydrogens is 270 g/mol. The summed E-state index contributed by atoms with van der Waals surface area (Å²) >= 11 is 1.38. The molecule has 2 aromatic heterocycles. The highest BCUT2D eigenvalue weighted by Gasteiger charge is 2.05. The van der Waals surface area contributed by atoms with Crippen LogP contribution in [-0.2, 0) is 13.0 Å². The lowest BCUT2D eigenvalue weighted by Crippen LogP contribution is -1.98. The number of rotatable bonds is 5. The number of benzene rings is 1. The summed E-state index contributed by atoms with van der Waals surface area (Å²) in [7, 11) is 0. The molecule has 0 radical (unpaired) electrons.